The number of rotatable bonds is 5. The third kappa shape index (κ3) is 3.14. The van der Waals surface area contributed by atoms with E-state index in [2.05, 4.69) is 4.74 Å². The summed E-state index contributed by atoms with van der Waals surface area (Å²) >= 11 is 0. The molecule has 0 bridgehead atoms. The summed E-state index contributed by atoms with van der Waals surface area (Å²) in [5.74, 6) is -13.2. The van der Waals surface area contributed by atoms with E-state index in [1.807, 2.05) is 0 Å². The van der Waals surface area contributed by atoms with Gasteiger partial charge in [0.05, 0.1) is 25.8 Å². The number of methoxy groups -OCH3 is 1. The molecule has 2 N–H and O–H groups in total. The average molecular weight is 366 g/mol. The molecule has 1 aliphatic heterocycles. The Morgan fingerprint density at radius 2 is 1.64 bits per heavy atom. The van der Waals surface area contributed by atoms with Crippen LogP contribution in [0.25, 0.3) is 0 Å². The molecule has 136 valence electrons. The van der Waals surface area contributed by atoms with Crippen molar-refractivity contribution in [2.24, 2.45) is 0 Å². The van der Waals surface area contributed by atoms with Crippen molar-refractivity contribution in [3.8, 4) is 0 Å². The Hall–Kier alpha value is -2.69. The van der Waals surface area contributed by atoms with E-state index in [4.69, 9.17) is 5.11 Å². The molecule has 1 aromatic carbocycles. The number of esters is 1. The van der Waals surface area contributed by atoms with Crippen molar-refractivity contribution in [2.75, 3.05) is 32.1 Å². The van der Waals surface area contributed by atoms with Crippen LogP contribution >= 0.6 is 0 Å². The van der Waals surface area contributed by atoms with Gasteiger partial charge >= 0.3 is 5.97 Å². The van der Waals surface area contributed by atoms with Crippen LogP contribution in [0.3, 0.4) is 0 Å². The zero-order chi connectivity index (χ0) is 18.9. The number of β-amino-alcohol motifs (C(OH)–C–C–N with tert-alkyl or cyclic N) is 1. The third-order valence-electron chi connectivity index (χ3n) is 3.41. The first-order valence-electron chi connectivity index (χ1n) is 6.74. The van der Waals surface area contributed by atoms with Gasteiger partial charge in [0.25, 0.3) is 5.91 Å². The summed E-state index contributed by atoms with van der Waals surface area (Å²) in [7, 11) is 0.977. The number of nitrogens with one attached hydrogen (secondary N) is 1. The molecule has 0 aliphatic carbocycles. The van der Waals surface area contributed by atoms with E-state index in [0.29, 0.717) is 0 Å². The molecule has 1 aliphatic rings. The van der Waals surface area contributed by atoms with Crippen molar-refractivity contribution in [3.05, 3.63) is 40.4 Å². The number of halogens is 5. The van der Waals surface area contributed by atoms with Gasteiger partial charge in [-0.1, -0.05) is 0 Å². The van der Waals surface area contributed by atoms with E-state index in [9.17, 15) is 31.5 Å². The fourth-order valence-corrected chi connectivity index (χ4v) is 2.19. The second kappa shape index (κ2) is 7.05. The second-order valence-corrected chi connectivity index (χ2v) is 4.87. The van der Waals surface area contributed by atoms with E-state index >= 15 is 0 Å². The van der Waals surface area contributed by atoms with E-state index < -0.39 is 59.0 Å². The minimum atomic E-state index is -2.36. The molecule has 2 rings (SSSR count). The van der Waals surface area contributed by atoms with Crippen molar-refractivity contribution in [1.82, 2.24) is 4.90 Å². The average Bonchev–Trinajstić information content (AvgIpc) is 2.91. The Morgan fingerprint density at radius 3 is 2.12 bits per heavy atom. The highest BCUT2D eigenvalue weighted by atomic mass is 19.2. The summed E-state index contributed by atoms with van der Waals surface area (Å²) in [5, 5.41) is 10.7. The standard InChI is InChI=1S/C14H11F5N2O4/c1-25-14(24)5-4-21(2-3-22)13(23)11(5)20-12-9(18)7(16)6(15)8(17)10(12)19/h20,22H,2-4H2,1H3. The zero-order valence-electron chi connectivity index (χ0n) is 12.6. The van der Waals surface area contributed by atoms with Gasteiger partial charge in [-0.25, -0.2) is 26.7 Å². The number of benzene rings is 1. The molecule has 25 heavy (non-hydrogen) atoms. The Kier molecular flexibility index (Phi) is 5.26. The molecule has 0 unspecified atom stereocenters. The van der Waals surface area contributed by atoms with Crippen LogP contribution in [0.4, 0.5) is 27.6 Å². The SMILES string of the molecule is COC(=O)C1=C(Nc2c(F)c(F)c(F)c(F)c2F)C(=O)N(CCO)C1. The molecule has 11 heteroatoms. The molecule has 0 fully saturated rings. The van der Waals surface area contributed by atoms with Gasteiger partial charge in [-0.05, 0) is 0 Å². The van der Waals surface area contributed by atoms with Crippen molar-refractivity contribution in [1.29, 1.82) is 0 Å². The molecular weight excluding hydrogens is 355 g/mol. The Balaban J connectivity index is 2.53. The molecule has 1 amide bonds. The number of anilines is 1. The third-order valence-corrected chi connectivity index (χ3v) is 3.41. The molecule has 1 heterocycles. The van der Waals surface area contributed by atoms with E-state index in [1.165, 1.54) is 0 Å². The van der Waals surface area contributed by atoms with E-state index in [-0.39, 0.29) is 18.7 Å². The van der Waals surface area contributed by atoms with Crippen molar-refractivity contribution >= 4 is 17.6 Å². The molecule has 0 saturated heterocycles. The smallest absolute Gasteiger partial charge is 0.337 e. The Bertz CT molecular complexity index is 752. The lowest BCUT2D eigenvalue weighted by Crippen LogP contribution is -2.31. The fourth-order valence-electron chi connectivity index (χ4n) is 2.19. The van der Waals surface area contributed by atoms with Crippen molar-refractivity contribution in [2.45, 2.75) is 0 Å². The van der Waals surface area contributed by atoms with Crippen LogP contribution in [-0.2, 0) is 14.3 Å². The van der Waals surface area contributed by atoms with Gasteiger partial charge in [0.2, 0.25) is 5.82 Å². The molecule has 0 aromatic heterocycles. The maximum atomic E-state index is 13.8. The minimum absolute atomic E-state index is 0.221. The number of carbonyl (C=O) groups excluding carboxylic acids is 2. The number of hydrogen-bond donors (Lipinski definition) is 2. The number of carbonyl (C=O) groups is 2. The second-order valence-electron chi connectivity index (χ2n) is 4.87. The van der Waals surface area contributed by atoms with Gasteiger partial charge in [-0.3, -0.25) is 4.79 Å². The largest absolute Gasteiger partial charge is 0.466 e. The lowest BCUT2D eigenvalue weighted by Gasteiger charge is -2.15. The molecule has 0 radical (unpaired) electrons. The number of nitrogens with zero attached hydrogens (tertiary/aromatic N) is 1. The maximum absolute atomic E-state index is 13.8. The van der Waals surface area contributed by atoms with Crippen LogP contribution in [0.15, 0.2) is 11.3 Å². The Labute approximate surface area is 137 Å². The van der Waals surface area contributed by atoms with Gasteiger partial charge in [0.1, 0.15) is 11.4 Å². The summed E-state index contributed by atoms with van der Waals surface area (Å²) in [6, 6.07) is 0. The first kappa shape index (κ1) is 18.6. The number of ether oxygens (including phenoxy) is 1. The molecule has 1 aromatic rings. The van der Waals surface area contributed by atoms with Crippen LogP contribution in [-0.4, -0.2) is 48.7 Å². The van der Waals surface area contributed by atoms with E-state index in [1.54, 1.807) is 5.32 Å². The van der Waals surface area contributed by atoms with E-state index in [0.717, 1.165) is 12.0 Å². The Morgan fingerprint density at radius 1 is 1.12 bits per heavy atom. The highest BCUT2D eigenvalue weighted by molar-refractivity contribution is 6.08. The highest BCUT2D eigenvalue weighted by Gasteiger charge is 2.36. The topological polar surface area (TPSA) is 78.9 Å². The minimum Gasteiger partial charge on any atom is -0.466 e. The zero-order valence-corrected chi connectivity index (χ0v) is 12.6. The summed E-state index contributed by atoms with van der Waals surface area (Å²) in [6.07, 6.45) is 0. The first-order chi connectivity index (χ1) is 11.7. The highest BCUT2D eigenvalue weighted by Crippen LogP contribution is 2.30. The van der Waals surface area contributed by atoms with Gasteiger partial charge in [0, 0.05) is 6.54 Å². The molecular formula is C14H11F5N2O4. The predicted molar refractivity (Wildman–Crippen MR) is 72.6 cm³/mol. The number of amides is 1. The molecule has 0 atom stereocenters. The summed E-state index contributed by atoms with van der Waals surface area (Å²) < 4.78 is 71.5. The van der Waals surface area contributed by atoms with Crippen LogP contribution < -0.4 is 5.32 Å². The summed E-state index contributed by atoms with van der Waals surface area (Å²) in [6.45, 7) is -1.07. The maximum Gasteiger partial charge on any atom is 0.337 e. The summed E-state index contributed by atoms with van der Waals surface area (Å²) in [5.41, 5.74) is -2.57. The molecule has 0 spiro atoms. The van der Waals surface area contributed by atoms with Crippen molar-refractivity contribution in [3.63, 3.8) is 0 Å². The molecule has 0 saturated carbocycles. The number of aliphatic hydroxyl groups is 1. The van der Waals surface area contributed by atoms with Crippen LogP contribution in [0, 0.1) is 29.1 Å². The normalized spacial score (nSPS) is 14.4. The monoisotopic (exact) mass is 366 g/mol. The van der Waals surface area contributed by atoms with Gasteiger partial charge in [0.15, 0.2) is 23.3 Å². The predicted octanol–water partition coefficient (Wildman–Crippen LogP) is 1.06. The lowest BCUT2D eigenvalue weighted by atomic mass is 10.2. The van der Waals surface area contributed by atoms with Crippen LogP contribution in [0.1, 0.15) is 0 Å². The number of hydrogen-bond acceptors (Lipinski definition) is 5. The van der Waals surface area contributed by atoms with Gasteiger partial charge in [-0.2, -0.15) is 0 Å². The van der Waals surface area contributed by atoms with Crippen LogP contribution in [0.2, 0.25) is 0 Å². The number of aliphatic hydroxyl groups excluding tert-OH is 1. The molecule has 6 nitrogen and oxygen atoms in total. The van der Waals surface area contributed by atoms with Crippen molar-refractivity contribution < 1.29 is 41.4 Å². The first-order valence-corrected chi connectivity index (χ1v) is 6.74. The summed E-state index contributed by atoms with van der Waals surface area (Å²) in [4.78, 5) is 24.8. The lowest BCUT2D eigenvalue weighted by molar-refractivity contribution is -0.136. The fraction of sp³-hybridized carbons (Fsp3) is 0.286. The van der Waals surface area contributed by atoms with Gasteiger partial charge < -0.3 is 20.1 Å². The van der Waals surface area contributed by atoms with Gasteiger partial charge in [-0.15, -0.1) is 0 Å². The van der Waals surface area contributed by atoms with Crippen LogP contribution in [0.5, 0.6) is 0 Å². The quantitative estimate of drug-likeness (QED) is 0.353.